The molecule has 2 spiro atoms. The number of aromatic nitrogens is 8. The van der Waals surface area contributed by atoms with Crippen LogP contribution in [0.2, 0.25) is 0 Å². The first-order valence-corrected chi connectivity index (χ1v) is 42.2. The standard InChI is InChI=1S/C107H45N9.Cu/c1-103(2,3)25-15-18-28-32(21-25)100-110-96(28)108-95-27-17-14-24(20-31(27)99(109-95)112-98-30-12-11-13-34(105(7,8)9)35(30)102(115-98)114-97-29-19-16-26(104(4,5)6)22-33(29)101(111-97)113-100)94-107-92-85-77-65-57-48-39-37-36-38-42(39)51-58-56-47(38)49-45-40(36)43-44-41(37)46-50(48)63(65)71-69-55(46)53(44)61-60-52(43)54(45)68-70-62(49)64(56)76-78-66(58)67(59(51)57)79(77)88(92)87(78)90-83(76)81(70)84-74(68)72(60)80-73(61)75(69)86(82(71)85)93(107)89(80)91(84)106(90,107)23-116(94)10;/h11-22,94H,23H2,1-10H3;/q-2;+2. The Morgan fingerprint density at radius 3 is 1.04 bits per heavy atom. The van der Waals surface area contributed by atoms with Gasteiger partial charge in [0.25, 0.3) is 0 Å². The van der Waals surface area contributed by atoms with Crippen LogP contribution in [0.25, 0.3) is 381 Å². The van der Waals surface area contributed by atoms with Gasteiger partial charge in [0.1, 0.15) is 0 Å². The van der Waals surface area contributed by atoms with E-state index in [4.69, 9.17) is 39.9 Å². The zero-order valence-corrected chi connectivity index (χ0v) is 65.0. The van der Waals surface area contributed by atoms with E-state index in [1.54, 1.807) is 313 Å². The fourth-order valence-electron chi connectivity index (χ4n) is 33.0. The first kappa shape index (κ1) is 54.1. The predicted molar refractivity (Wildman–Crippen MR) is 479 cm³/mol. The Morgan fingerprint density at radius 2 is 0.598 bits per heavy atom. The van der Waals surface area contributed by atoms with E-state index in [2.05, 4.69) is 147 Å². The van der Waals surface area contributed by atoms with Crippen LogP contribution in [0.4, 0.5) is 0 Å². The molecule has 42 rings (SSSR count). The van der Waals surface area contributed by atoms with Crippen LogP contribution in [0.5, 0.6) is 0 Å². The second-order valence-electron chi connectivity index (χ2n) is 42.1. The summed E-state index contributed by atoms with van der Waals surface area (Å²) in [6.07, 6.45) is 0. The molecule has 6 heterocycles. The summed E-state index contributed by atoms with van der Waals surface area (Å²) in [6.45, 7) is 21.4. The van der Waals surface area contributed by atoms with Crippen molar-refractivity contribution in [2.24, 2.45) is 0 Å². The Bertz CT molecular complexity index is 11100. The van der Waals surface area contributed by atoms with E-state index >= 15 is 0 Å². The Morgan fingerprint density at radius 1 is 0.282 bits per heavy atom. The van der Waals surface area contributed by atoms with Crippen LogP contribution in [0.1, 0.15) is 113 Å². The predicted octanol–water partition coefficient (Wildman–Crippen LogP) is 26.3. The van der Waals surface area contributed by atoms with Crippen molar-refractivity contribution >= 4 is 335 Å². The molecule has 3 aromatic heterocycles. The monoisotopic (exact) mass is 1520 g/mol. The first-order valence-electron chi connectivity index (χ1n) is 42.2. The van der Waals surface area contributed by atoms with Crippen LogP contribution in [0.15, 0.2) is 72.8 Å². The Labute approximate surface area is 663 Å². The molecular formula is C107H45CuN9. The second kappa shape index (κ2) is 13.9. The number of likely N-dealkylation sites (tertiary alicyclic amines) is 1. The molecular weight excluding hydrogens is 1470 g/mol. The number of nitrogens with zero attached hydrogens (tertiary/aromatic N) is 9. The molecule has 117 heavy (non-hydrogen) atoms. The number of hydrogen-bond donors (Lipinski definition) is 0. The van der Waals surface area contributed by atoms with Crippen LogP contribution >= 0.6 is 0 Å². The summed E-state index contributed by atoms with van der Waals surface area (Å²) in [5, 5.41) is 91.0. The zero-order chi connectivity index (χ0) is 73.5. The smallest absolute Gasteiger partial charge is 0.357 e. The molecule has 1 fully saturated rings. The molecule has 8 bridgehead atoms. The summed E-state index contributed by atoms with van der Waals surface area (Å²) in [7, 11) is 2.56. The molecule has 1 radical (unpaired) electrons. The van der Waals surface area contributed by atoms with Crippen molar-refractivity contribution in [3.05, 3.63) is 117 Å². The van der Waals surface area contributed by atoms with E-state index in [0.717, 1.165) is 55.9 Å². The zero-order valence-electron chi connectivity index (χ0n) is 64.0. The summed E-state index contributed by atoms with van der Waals surface area (Å²) in [5.74, 6) is 2.32. The van der Waals surface area contributed by atoms with Crippen LogP contribution < -0.4 is 9.97 Å². The van der Waals surface area contributed by atoms with Crippen molar-refractivity contribution in [1.82, 2.24) is 44.8 Å². The van der Waals surface area contributed by atoms with E-state index in [1.807, 2.05) is 0 Å². The molecule has 3 atom stereocenters. The van der Waals surface area contributed by atoms with Crippen LogP contribution in [-0.4, -0.2) is 48.4 Å². The van der Waals surface area contributed by atoms with Crippen LogP contribution in [0, 0.1) is 0 Å². The largest absolute Gasteiger partial charge is 2.00 e. The molecule has 3 aliphatic heterocycles. The summed E-state index contributed by atoms with van der Waals surface area (Å²) < 4.78 is 0. The van der Waals surface area contributed by atoms with Gasteiger partial charge in [0.2, 0.25) is 0 Å². The number of rotatable bonds is 1. The average molecular weight is 1520 g/mol. The van der Waals surface area contributed by atoms with Crippen molar-refractivity contribution in [2.45, 2.75) is 95.4 Å². The van der Waals surface area contributed by atoms with Crippen molar-refractivity contribution in [3.8, 4) is 45.6 Å². The molecule has 32 aromatic carbocycles. The quantitative estimate of drug-likeness (QED) is 0.117. The third kappa shape index (κ3) is 4.00. The molecule has 0 amide bonds. The van der Waals surface area contributed by atoms with Crippen molar-refractivity contribution in [1.29, 1.82) is 0 Å². The SMILES string of the molecule is CN1CC23c4c5c6c7c8c9c(c%10c%11c2c2c%12c4c4c%13c5c5c7c7c8c8c%14c9c%10c9c%10c%11c2c2c%11c%12c4c4c%12c%13c5c5c7c7c8c8c%14c9c9c%10c2c2c%11c4c4c%12c5c7c5c8c9c2c45)C63C1c1ccc2c(c1)-c1nc-2nc2[n-]c(nc3nc(nc4[n-]c(n1)c1cccc(C(C)(C)C)c41)-c1ccc(C(C)(C)C)cc1-3)c1cc(C(C)(C)C)ccc21.[Cu+2]. The van der Waals surface area contributed by atoms with Gasteiger partial charge in [-0.1, -0.05) is 117 Å². The van der Waals surface area contributed by atoms with E-state index in [1.165, 1.54) is 16.7 Å². The molecule has 10 heteroatoms. The minimum Gasteiger partial charge on any atom is -0.357 e. The molecule has 529 valence electrons. The topological polar surface area (TPSA) is 109 Å². The summed E-state index contributed by atoms with van der Waals surface area (Å²) in [5.41, 5.74) is 16.0. The molecule has 4 aliphatic carbocycles. The molecule has 35 aromatic rings. The minimum atomic E-state index is -0.586. The molecule has 0 saturated carbocycles. The molecule has 3 unspecified atom stereocenters. The molecule has 0 N–H and O–H groups in total. The summed E-state index contributed by atoms with van der Waals surface area (Å²) in [4.78, 5) is 48.4. The van der Waals surface area contributed by atoms with Crippen molar-refractivity contribution in [2.75, 3.05) is 13.6 Å². The van der Waals surface area contributed by atoms with Crippen molar-refractivity contribution < 1.29 is 17.1 Å². The fraction of sp³-hybridized carbons (Fsp3) is 0.159. The van der Waals surface area contributed by atoms with E-state index in [-0.39, 0.29) is 39.4 Å². The maximum absolute atomic E-state index is 5.94. The average Bonchev–Trinajstić information content (AvgIpc) is 1.38. The number of fused-ring (bicyclic) bond motifs is 20. The van der Waals surface area contributed by atoms with Crippen LogP contribution in [-0.2, 0) is 44.1 Å². The maximum Gasteiger partial charge on any atom is 2.00 e. The third-order valence-electron chi connectivity index (χ3n) is 35.5. The van der Waals surface area contributed by atoms with Gasteiger partial charge in [0.05, 0.1) is 34.1 Å². The van der Waals surface area contributed by atoms with Crippen molar-refractivity contribution in [3.63, 3.8) is 0 Å². The van der Waals surface area contributed by atoms with Gasteiger partial charge >= 0.3 is 17.1 Å². The number of likely N-dealkylation sites (N-methyl/N-ethyl adjacent to an activating group) is 1. The minimum absolute atomic E-state index is 0. The molecule has 1 saturated heterocycles. The second-order valence-corrected chi connectivity index (χ2v) is 42.1. The summed E-state index contributed by atoms with van der Waals surface area (Å²) >= 11 is 0. The normalized spacial score (nSPS) is 19.7. The van der Waals surface area contributed by atoms with Gasteiger partial charge < -0.3 is 29.9 Å². The molecule has 9 nitrogen and oxygen atoms in total. The Hall–Kier alpha value is -12.8. The Balaban J connectivity index is 0.00000594. The first-order chi connectivity index (χ1) is 56.5. The van der Waals surface area contributed by atoms with E-state index in [0.29, 0.717) is 45.9 Å². The van der Waals surface area contributed by atoms with Gasteiger partial charge in [-0.05, 0) is 398 Å². The van der Waals surface area contributed by atoms with Crippen LogP contribution in [0.3, 0.4) is 0 Å². The number of hydrogen-bond acceptors (Lipinski definition) is 7. The number of benzene rings is 21. The van der Waals surface area contributed by atoms with E-state index < -0.39 is 10.8 Å². The van der Waals surface area contributed by atoms with E-state index in [9.17, 15) is 0 Å². The fourth-order valence-corrected chi connectivity index (χ4v) is 33.0. The summed E-state index contributed by atoms with van der Waals surface area (Å²) in [6, 6.07) is 27.5. The van der Waals surface area contributed by atoms with Gasteiger partial charge in [-0.2, -0.15) is 0 Å². The molecule has 7 aliphatic rings. The Kier molecular flexibility index (Phi) is 6.44. The van der Waals surface area contributed by atoms with Gasteiger partial charge in [0, 0.05) is 57.4 Å². The third-order valence-corrected chi connectivity index (χ3v) is 35.5. The van der Waals surface area contributed by atoms with Gasteiger partial charge in [-0.3, -0.25) is 4.90 Å². The van der Waals surface area contributed by atoms with Gasteiger partial charge in [-0.15, -0.1) is 0 Å². The maximum atomic E-state index is 5.94. The van der Waals surface area contributed by atoms with Gasteiger partial charge in [-0.25, -0.2) is 9.97 Å². The van der Waals surface area contributed by atoms with Gasteiger partial charge in [0.15, 0.2) is 0 Å².